The lowest BCUT2D eigenvalue weighted by Gasteiger charge is -2.25. The molecule has 1 aromatic heterocycles. The van der Waals surface area contributed by atoms with Crippen LogP contribution in [-0.4, -0.2) is 73.0 Å². The Morgan fingerprint density at radius 3 is 2.60 bits per heavy atom. The van der Waals surface area contributed by atoms with Gasteiger partial charge in [0.1, 0.15) is 6.10 Å². The van der Waals surface area contributed by atoms with Crippen LogP contribution >= 0.6 is 0 Å². The van der Waals surface area contributed by atoms with E-state index in [9.17, 15) is 18.0 Å². The number of aromatic nitrogens is 2. The Labute approximate surface area is 171 Å². The summed E-state index contributed by atoms with van der Waals surface area (Å²) in [5.41, 5.74) is 2.15. The minimum absolute atomic E-state index is 0.0612. The summed E-state index contributed by atoms with van der Waals surface area (Å²) < 4.78 is 49.8. The van der Waals surface area contributed by atoms with E-state index in [0.717, 1.165) is 31.5 Å². The molecule has 0 radical (unpaired) electrons. The molecule has 2 aliphatic heterocycles. The minimum Gasteiger partial charge on any atom is -0.475 e. The number of carboxylic acid groups (broad SMARTS) is 1. The second kappa shape index (κ2) is 11.3. The van der Waals surface area contributed by atoms with Crippen molar-refractivity contribution < 1.29 is 42.1 Å². The lowest BCUT2D eigenvalue weighted by Crippen LogP contribution is -2.37. The van der Waals surface area contributed by atoms with E-state index in [0.29, 0.717) is 33.0 Å². The van der Waals surface area contributed by atoms with Gasteiger partial charge < -0.3 is 24.6 Å². The van der Waals surface area contributed by atoms with Crippen LogP contribution < -0.4 is 5.32 Å². The molecule has 0 aliphatic carbocycles. The molecule has 0 saturated carbocycles. The van der Waals surface area contributed by atoms with Crippen molar-refractivity contribution in [3.05, 3.63) is 17.5 Å². The van der Waals surface area contributed by atoms with E-state index in [4.69, 9.17) is 24.1 Å². The monoisotopic (exact) mass is 437 g/mol. The Morgan fingerprint density at radius 2 is 2.00 bits per heavy atom. The van der Waals surface area contributed by atoms with Crippen molar-refractivity contribution in [2.75, 3.05) is 40.1 Å². The van der Waals surface area contributed by atoms with E-state index >= 15 is 0 Å². The molecular weight excluding hydrogens is 411 g/mol. The molecule has 3 rings (SSSR count). The number of hydrogen-bond donors (Lipinski definition) is 2. The van der Waals surface area contributed by atoms with Crippen LogP contribution in [0, 0.1) is 5.92 Å². The summed E-state index contributed by atoms with van der Waals surface area (Å²) in [7, 11) is 1.68. The van der Waals surface area contributed by atoms with Crippen molar-refractivity contribution in [1.82, 2.24) is 15.1 Å². The van der Waals surface area contributed by atoms with E-state index in [1.807, 2.05) is 4.68 Å². The van der Waals surface area contributed by atoms with Crippen molar-refractivity contribution in [3.8, 4) is 0 Å². The molecule has 1 aromatic rings. The first kappa shape index (κ1) is 24.1. The second-order valence-electron chi connectivity index (χ2n) is 6.84. The fourth-order valence-corrected chi connectivity index (χ4v) is 3.08. The second-order valence-corrected chi connectivity index (χ2v) is 6.84. The maximum absolute atomic E-state index is 12.2. The summed E-state index contributed by atoms with van der Waals surface area (Å²) in [6.45, 7) is 3.85. The van der Waals surface area contributed by atoms with Gasteiger partial charge in [-0.25, -0.2) is 4.79 Å². The molecular formula is C18H26F3N3O6. The molecule has 2 N–H and O–H groups in total. The van der Waals surface area contributed by atoms with E-state index in [-0.39, 0.29) is 17.9 Å². The first-order valence-corrected chi connectivity index (χ1v) is 9.54. The van der Waals surface area contributed by atoms with Gasteiger partial charge in [-0.2, -0.15) is 18.3 Å². The quantitative estimate of drug-likeness (QED) is 0.690. The number of ether oxygens (including phenoxy) is 3. The van der Waals surface area contributed by atoms with Crippen LogP contribution in [0.15, 0.2) is 6.20 Å². The van der Waals surface area contributed by atoms with Gasteiger partial charge in [0.25, 0.3) is 0 Å². The Morgan fingerprint density at radius 1 is 1.33 bits per heavy atom. The number of nitrogens with one attached hydrogen (secondary N) is 1. The van der Waals surface area contributed by atoms with Crippen LogP contribution in [0.1, 0.15) is 30.2 Å². The molecule has 170 valence electrons. The number of rotatable bonds is 6. The number of hydrogen-bond acceptors (Lipinski definition) is 6. The molecule has 3 heterocycles. The SMILES string of the molecule is COCCn1cc2c(n1)C(CNC(=O)C1CCOCC1)OCC2.O=C(O)C(F)(F)F. The van der Waals surface area contributed by atoms with Crippen LogP contribution in [0.3, 0.4) is 0 Å². The number of carboxylic acids is 1. The summed E-state index contributed by atoms with van der Waals surface area (Å²) in [4.78, 5) is 21.1. The van der Waals surface area contributed by atoms with Crippen LogP contribution in [-0.2, 0) is 36.8 Å². The van der Waals surface area contributed by atoms with Crippen LogP contribution in [0.4, 0.5) is 13.2 Å². The lowest BCUT2D eigenvalue weighted by atomic mass is 9.99. The van der Waals surface area contributed by atoms with E-state index in [1.165, 1.54) is 5.56 Å². The molecule has 0 spiro atoms. The topological polar surface area (TPSA) is 112 Å². The molecule has 1 fully saturated rings. The highest BCUT2D eigenvalue weighted by atomic mass is 19.4. The van der Waals surface area contributed by atoms with Gasteiger partial charge in [0.05, 0.1) is 25.5 Å². The van der Waals surface area contributed by atoms with Crippen molar-refractivity contribution in [1.29, 1.82) is 0 Å². The summed E-state index contributed by atoms with van der Waals surface area (Å²) in [5, 5.41) is 14.7. The Balaban J connectivity index is 0.000000396. The van der Waals surface area contributed by atoms with Crippen molar-refractivity contribution in [2.24, 2.45) is 5.92 Å². The maximum Gasteiger partial charge on any atom is 0.490 e. The number of fused-ring (bicyclic) bond motifs is 1. The highest BCUT2D eigenvalue weighted by molar-refractivity contribution is 5.78. The Hall–Kier alpha value is -2.18. The van der Waals surface area contributed by atoms with Crippen LogP contribution in [0.2, 0.25) is 0 Å². The normalized spacial score (nSPS) is 19.4. The number of halogens is 3. The van der Waals surface area contributed by atoms with Crippen molar-refractivity contribution >= 4 is 11.9 Å². The number of aliphatic carboxylic acids is 1. The Bertz CT molecular complexity index is 704. The third-order valence-electron chi connectivity index (χ3n) is 4.69. The van der Waals surface area contributed by atoms with Crippen LogP contribution in [0.5, 0.6) is 0 Å². The fourth-order valence-electron chi connectivity index (χ4n) is 3.08. The maximum atomic E-state index is 12.2. The third-order valence-corrected chi connectivity index (χ3v) is 4.69. The molecule has 0 bridgehead atoms. The van der Waals surface area contributed by atoms with Gasteiger partial charge in [-0.3, -0.25) is 9.48 Å². The zero-order valence-corrected chi connectivity index (χ0v) is 16.6. The van der Waals surface area contributed by atoms with E-state index < -0.39 is 12.1 Å². The Kier molecular flexibility index (Phi) is 9.06. The predicted molar refractivity (Wildman–Crippen MR) is 96.7 cm³/mol. The van der Waals surface area contributed by atoms with Gasteiger partial charge in [-0.05, 0) is 24.8 Å². The first-order valence-electron chi connectivity index (χ1n) is 9.54. The van der Waals surface area contributed by atoms with Gasteiger partial charge in [-0.1, -0.05) is 0 Å². The molecule has 1 atom stereocenters. The average Bonchev–Trinajstić information content (AvgIpc) is 3.14. The highest BCUT2D eigenvalue weighted by Gasteiger charge is 2.38. The van der Waals surface area contributed by atoms with Gasteiger partial charge in [0.15, 0.2) is 0 Å². The molecule has 9 nitrogen and oxygen atoms in total. The zero-order chi connectivity index (χ0) is 22.1. The predicted octanol–water partition coefficient (Wildman–Crippen LogP) is 1.32. The number of alkyl halides is 3. The number of carbonyl (C=O) groups is 2. The van der Waals surface area contributed by atoms with Crippen LogP contribution in [0.25, 0.3) is 0 Å². The van der Waals surface area contributed by atoms with Gasteiger partial charge in [0, 0.05) is 39.0 Å². The highest BCUT2D eigenvalue weighted by Crippen LogP contribution is 2.25. The van der Waals surface area contributed by atoms with Crippen molar-refractivity contribution in [3.63, 3.8) is 0 Å². The molecule has 1 unspecified atom stereocenters. The number of nitrogens with zero attached hydrogens (tertiary/aromatic N) is 2. The summed E-state index contributed by atoms with van der Waals surface area (Å²) in [6, 6.07) is 0. The summed E-state index contributed by atoms with van der Waals surface area (Å²) >= 11 is 0. The molecule has 1 saturated heterocycles. The van der Waals surface area contributed by atoms with E-state index in [2.05, 4.69) is 16.6 Å². The van der Waals surface area contributed by atoms with Gasteiger partial charge in [0.2, 0.25) is 5.91 Å². The molecule has 30 heavy (non-hydrogen) atoms. The minimum atomic E-state index is -5.08. The average molecular weight is 437 g/mol. The largest absolute Gasteiger partial charge is 0.490 e. The number of amides is 1. The molecule has 2 aliphatic rings. The summed E-state index contributed by atoms with van der Waals surface area (Å²) in [5.74, 6) is -2.60. The zero-order valence-electron chi connectivity index (χ0n) is 16.6. The molecule has 1 amide bonds. The van der Waals surface area contributed by atoms with Gasteiger partial charge >= 0.3 is 12.1 Å². The lowest BCUT2D eigenvalue weighted by molar-refractivity contribution is -0.192. The van der Waals surface area contributed by atoms with E-state index in [1.54, 1.807) is 7.11 Å². The summed E-state index contributed by atoms with van der Waals surface area (Å²) in [6.07, 6.45) is -0.717. The third kappa shape index (κ3) is 7.26. The number of carbonyl (C=O) groups excluding carboxylic acids is 1. The fraction of sp³-hybridized carbons (Fsp3) is 0.722. The molecule has 0 aromatic carbocycles. The standard InChI is InChI=1S/C16H25N3O4.C2HF3O2/c1-21-9-5-19-11-13-4-8-23-14(15(13)18-19)10-17-16(20)12-2-6-22-7-3-12;3-2(4,5)1(6)7/h11-12,14H,2-10H2,1H3,(H,17,20);(H,6,7). The first-order chi connectivity index (χ1) is 14.2. The number of methoxy groups -OCH3 is 1. The smallest absolute Gasteiger partial charge is 0.475 e. The van der Waals surface area contributed by atoms with Gasteiger partial charge in [-0.15, -0.1) is 0 Å². The molecule has 12 heteroatoms. The van der Waals surface area contributed by atoms with Crippen molar-refractivity contribution in [2.45, 2.75) is 38.1 Å².